The van der Waals surface area contributed by atoms with Crippen LogP contribution >= 0.6 is 12.4 Å². The van der Waals surface area contributed by atoms with Crippen LogP contribution in [0.5, 0.6) is 0 Å². The molecule has 1 aromatic rings. The molecule has 1 saturated carbocycles. The molecule has 0 spiro atoms. The van der Waals surface area contributed by atoms with Gasteiger partial charge >= 0.3 is 11.9 Å². The lowest BCUT2D eigenvalue weighted by atomic mass is 9.95. The Labute approximate surface area is 152 Å². The van der Waals surface area contributed by atoms with E-state index in [0.717, 1.165) is 19.3 Å². The maximum absolute atomic E-state index is 12.5. The van der Waals surface area contributed by atoms with Crippen molar-refractivity contribution in [1.82, 2.24) is 0 Å². The number of methoxy groups -OCH3 is 2. The summed E-state index contributed by atoms with van der Waals surface area (Å²) >= 11 is 0. The minimum atomic E-state index is -0.600. The highest BCUT2D eigenvalue weighted by atomic mass is 35.5. The van der Waals surface area contributed by atoms with Gasteiger partial charge in [0.25, 0.3) is 0 Å². The molecule has 1 aromatic carbocycles. The number of carbonyl (C=O) groups excluding carboxylic acids is 3. The van der Waals surface area contributed by atoms with Crippen LogP contribution in [0.2, 0.25) is 0 Å². The monoisotopic (exact) mass is 370 g/mol. The second-order valence-electron chi connectivity index (χ2n) is 5.80. The average molecular weight is 371 g/mol. The lowest BCUT2D eigenvalue weighted by Crippen LogP contribution is -2.29. The van der Waals surface area contributed by atoms with E-state index in [0.29, 0.717) is 12.2 Å². The Morgan fingerprint density at radius 2 is 1.64 bits per heavy atom. The van der Waals surface area contributed by atoms with Crippen LogP contribution in [0, 0.1) is 11.8 Å². The van der Waals surface area contributed by atoms with E-state index in [-0.39, 0.29) is 41.3 Å². The first-order chi connectivity index (χ1) is 11.5. The van der Waals surface area contributed by atoms with Crippen LogP contribution in [0.3, 0.4) is 0 Å². The SMILES string of the molecule is COC(=O)c1cc(NC(=O)[C@@H]2CCC[C@@H]2CN)cc(C(=O)OC)c1.Cl. The number of halogens is 1. The third kappa shape index (κ3) is 4.93. The summed E-state index contributed by atoms with van der Waals surface area (Å²) in [5.41, 5.74) is 6.40. The first kappa shape index (κ1) is 20.9. The number of hydrogen-bond donors (Lipinski definition) is 2. The maximum Gasteiger partial charge on any atom is 0.337 e. The van der Waals surface area contributed by atoms with Gasteiger partial charge in [0.2, 0.25) is 5.91 Å². The van der Waals surface area contributed by atoms with Crippen molar-refractivity contribution in [1.29, 1.82) is 0 Å². The zero-order chi connectivity index (χ0) is 17.7. The summed E-state index contributed by atoms with van der Waals surface area (Å²) in [7, 11) is 2.49. The summed E-state index contributed by atoms with van der Waals surface area (Å²) in [6.45, 7) is 0.466. The van der Waals surface area contributed by atoms with Crippen LogP contribution in [0.1, 0.15) is 40.0 Å². The van der Waals surface area contributed by atoms with E-state index in [1.807, 2.05) is 0 Å². The first-order valence-electron chi connectivity index (χ1n) is 7.82. The summed E-state index contributed by atoms with van der Waals surface area (Å²) in [6, 6.07) is 4.32. The maximum atomic E-state index is 12.5. The number of nitrogens with two attached hydrogens (primary N) is 1. The Hall–Kier alpha value is -2.12. The van der Waals surface area contributed by atoms with Gasteiger partial charge in [0.05, 0.1) is 25.3 Å². The summed E-state index contributed by atoms with van der Waals surface area (Å²) in [4.78, 5) is 36.0. The number of rotatable bonds is 5. The Bertz CT molecular complexity index is 616. The first-order valence-corrected chi connectivity index (χ1v) is 7.82. The zero-order valence-electron chi connectivity index (χ0n) is 14.2. The van der Waals surface area contributed by atoms with Crippen LogP contribution in [0.25, 0.3) is 0 Å². The van der Waals surface area contributed by atoms with E-state index >= 15 is 0 Å². The van der Waals surface area contributed by atoms with Gasteiger partial charge in [-0.25, -0.2) is 9.59 Å². The lowest BCUT2D eigenvalue weighted by Gasteiger charge is -2.18. The fraction of sp³-hybridized carbons (Fsp3) is 0.471. The largest absolute Gasteiger partial charge is 0.465 e. The number of benzene rings is 1. The molecule has 0 radical (unpaired) electrons. The predicted molar refractivity (Wildman–Crippen MR) is 94.9 cm³/mol. The Balaban J connectivity index is 0.00000312. The highest BCUT2D eigenvalue weighted by molar-refractivity contribution is 6.00. The molecule has 2 atom stereocenters. The van der Waals surface area contributed by atoms with Gasteiger partial charge in [0.1, 0.15) is 0 Å². The molecule has 2 rings (SSSR count). The molecule has 3 N–H and O–H groups in total. The summed E-state index contributed by atoms with van der Waals surface area (Å²) in [5.74, 6) is -1.35. The van der Waals surface area contributed by atoms with Gasteiger partial charge < -0.3 is 20.5 Å². The van der Waals surface area contributed by atoms with Crippen LogP contribution in [-0.4, -0.2) is 38.6 Å². The van der Waals surface area contributed by atoms with Crippen LogP contribution in [-0.2, 0) is 14.3 Å². The number of anilines is 1. The van der Waals surface area contributed by atoms with E-state index in [1.165, 1.54) is 32.4 Å². The summed E-state index contributed by atoms with van der Waals surface area (Å²) in [5, 5.41) is 2.78. The average Bonchev–Trinajstić information content (AvgIpc) is 3.08. The number of carbonyl (C=O) groups is 3. The Morgan fingerprint density at radius 3 is 2.12 bits per heavy atom. The molecule has 25 heavy (non-hydrogen) atoms. The molecule has 138 valence electrons. The van der Waals surface area contributed by atoms with Gasteiger partial charge in [-0.05, 0) is 43.5 Å². The van der Waals surface area contributed by atoms with Crippen LogP contribution in [0.15, 0.2) is 18.2 Å². The van der Waals surface area contributed by atoms with Gasteiger partial charge in [-0.15, -0.1) is 12.4 Å². The molecule has 1 fully saturated rings. The Kier molecular flexibility index (Phi) is 7.86. The molecule has 0 heterocycles. The quantitative estimate of drug-likeness (QED) is 0.767. The molecular weight excluding hydrogens is 348 g/mol. The van der Waals surface area contributed by atoms with Gasteiger partial charge in [-0.2, -0.15) is 0 Å². The van der Waals surface area contributed by atoms with Crippen molar-refractivity contribution < 1.29 is 23.9 Å². The third-order valence-corrected chi connectivity index (χ3v) is 4.34. The van der Waals surface area contributed by atoms with Crippen LogP contribution < -0.4 is 11.1 Å². The number of esters is 2. The fourth-order valence-electron chi connectivity index (χ4n) is 3.07. The lowest BCUT2D eigenvalue weighted by molar-refractivity contribution is -0.120. The Morgan fingerprint density at radius 1 is 1.08 bits per heavy atom. The molecule has 0 aromatic heterocycles. The van der Waals surface area contributed by atoms with Crippen molar-refractivity contribution in [3.05, 3.63) is 29.3 Å². The minimum Gasteiger partial charge on any atom is -0.465 e. The normalized spacial score (nSPS) is 18.8. The van der Waals surface area contributed by atoms with Gasteiger partial charge in [0.15, 0.2) is 0 Å². The van der Waals surface area contributed by atoms with E-state index < -0.39 is 11.9 Å². The van der Waals surface area contributed by atoms with E-state index in [2.05, 4.69) is 14.8 Å². The fourth-order valence-corrected chi connectivity index (χ4v) is 3.07. The minimum absolute atomic E-state index is 0. The second kappa shape index (κ2) is 9.39. The topological polar surface area (TPSA) is 108 Å². The number of amides is 1. The number of ether oxygens (including phenoxy) is 2. The van der Waals surface area contributed by atoms with Gasteiger partial charge in [-0.1, -0.05) is 6.42 Å². The second-order valence-corrected chi connectivity index (χ2v) is 5.80. The van der Waals surface area contributed by atoms with Crippen molar-refractivity contribution in [2.24, 2.45) is 17.6 Å². The molecule has 0 unspecified atom stereocenters. The van der Waals surface area contributed by atoms with Crippen molar-refractivity contribution in [2.45, 2.75) is 19.3 Å². The number of nitrogens with one attached hydrogen (secondary N) is 1. The summed E-state index contributed by atoms with van der Waals surface area (Å²) < 4.78 is 9.36. The standard InChI is InChI=1S/C17H22N2O5.ClH/c1-23-16(21)11-6-12(17(22)24-2)8-13(7-11)19-15(20)14-5-3-4-10(14)9-18;/h6-8,10,14H,3-5,9,18H2,1-2H3,(H,19,20);1H/t10-,14-;/m1./s1. The highest BCUT2D eigenvalue weighted by Gasteiger charge is 2.32. The molecule has 7 nitrogen and oxygen atoms in total. The predicted octanol–water partition coefficient (Wildman–Crippen LogP) is 2.00. The highest BCUT2D eigenvalue weighted by Crippen LogP contribution is 2.32. The van der Waals surface area contributed by atoms with Crippen molar-refractivity contribution in [3.63, 3.8) is 0 Å². The van der Waals surface area contributed by atoms with Crippen molar-refractivity contribution in [3.8, 4) is 0 Å². The molecular formula is C17H23ClN2O5. The molecule has 1 aliphatic rings. The van der Waals surface area contributed by atoms with Crippen molar-refractivity contribution in [2.75, 3.05) is 26.1 Å². The van der Waals surface area contributed by atoms with E-state index in [1.54, 1.807) is 0 Å². The number of hydrogen-bond acceptors (Lipinski definition) is 6. The molecule has 1 aliphatic carbocycles. The molecule has 8 heteroatoms. The van der Waals surface area contributed by atoms with E-state index in [9.17, 15) is 14.4 Å². The van der Waals surface area contributed by atoms with Gasteiger partial charge in [-0.3, -0.25) is 4.79 Å². The molecule has 0 aliphatic heterocycles. The molecule has 0 bridgehead atoms. The summed E-state index contributed by atoms with van der Waals surface area (Å²) in [6.07, 6.45) is 2.69. The van der Waals surface area contributed by atoms with Crippen LogP contribution in [0.4, 0.5) is 5.69 Å². The molecule has 1 amide bonds. The molecule has 0 saturated heterocycles. The zero-order valence-corrected chi connectivity index (χ0v) is 15.1. The van der Waals surface area contributed by atoms with Gasteiger partial charge in [0, 0.05) is 11.6 Å². The van der Waals surface area contributed by atoms with Crippen molar-refractivity contribution >= 4 is 35.9 Å². The third-order valence-electron chi connectivity index (χ3n) is 4.34. The van der Waals surface area contributed by atoms with E-state index in [4.69, 9.17) is 5.73 Å². The smallest absolute Gasteiger partial charge is 0.337 e.